The standard InChI is InChI=1S/C26H47O4P/c1-6-11-16-23(9-4)21-28-31(27,29-22-24(10-5)17-12-7-2)30-26-20-15-14-19-25(26)18-13-8-3/h14-15,19-20,23-24H,6-13,16-18,21-22H2,1-5H3. The van der Waals surface area contributed by atoms with Crippen molar-refractivity contribution in [1.82, 2.24) is 0 Å². The van der Waals surface area contributed by atoms with Crippen LogP contribution in [0.2, 0.25) is 0 Å². The van der Waals surface area contributed by atoms with Crippen LogP contribution in [-0.2, 0) is 20.0 Å². The third-order valence-electron chi connectivity index (χ3n) is 6.01. The fourth-order valence-electron chi connectivity index (χ4n) is 3.57. The van der Waals surface area contributed by atoms with Crippen LogP contribution in [0.4, 0.5) is 0 Å². The molecule has 0 bridgehead atoms. The predicted molar refractivity (Wildman–Crippen MR) is 132 cm³/mol. The topological polar surface area (TPSA) is 44.8 Å². The van der Waals surface area contributed by atoms with Gasteiger partial charge in [0.25, 0.3) is 0 Å². The molecule has 0 aliphatic rings. The van der Waals surface area contributed by atoms with Crippen LogP contribution >= 0.6 is 7.82 Å². The molecule has 0 spiro atoms. The molecule has 2 atom stereocenters. The molecule has 2 unspecified atom stereocenters. The van der Waals surface area contributed by atoms with Crippen LogP contribution in [0.5, 0.6) is 5.75 Å². The van der Waals surface area contributed by atoms with Crippen LogP contribution in [0.1, 0.15) is 104 Å². The molecule has 0 aromatic heterocycles. The highest BCUT2D eigenvalue weighted by atomic mass is 31.2. The SMILES string of the molecule is CCCCc1ccccc1OP(=O)(OCC(CC)CCCC)OCC(CC)CCCC. The smallest absolute Gasteiger partial charge is 0.404 e. The average molecular weight is 455 g/mol. The van der Waals surface area contributed by atoms with Gasteiger partial charge >= 0.3 is 7.82 Å². The van der Waals surface area contributed by atoms with Gasteiger partial charge in [0.15, 0.2) is 0 Å². The van der Waals surface area contributed by atoms with E-state index in [0.717, 1.165) is 76.2 Å². The molecule has 0 N–H and O–H groups in total. The molecule has 180 valence electrons. The Balaban J connectivity index is 2.94. The number of unbranched alkanes of at least 4 members (excludes halogenated alkanes) is 3. The summed E-state index contributed by atoms with van der Waals surface area (Å²) >= 11 is 0. The Morgan fingerprint density at radius 2 is 1.29 bits per heavy atom. The van der Waals surface area contributed by atoms with Crippen molar-refractivity contribution in [3.8, 4) is 5.75 Å². The number of hydrogen-bond acceptors (Lipinski definition) is 4. The Morgan fingerprint density at radius 1 is 0.774 bits per heavy atom. The lowest BCUT2D eigenvalue weighted by molar-refractivity contribution is 0.115. The normalized spacial score (nSPS) is 15.4. The number of hydrogen-bond donors (Lipinski definition) is 0. The highest BCUT2D eigenvalue weighted by Gasteiger charge is 2.31. The highest BCUT2D eigenvalue weighted by molar-refractivity contribution is 7.48. The van der Waals surface area contributed by atoms with Crippen LogP contribution in [0.15, 0.2) is 24.3 Å². The predicted octanol–water partition coefficient (Wildman–Crippen LogP) is 8.98. The first-order chi connectivity index (χ1) is 15.0. The zero-order chi connectivity index (χ0) is 23.0. The summed E-state index contributed by atoms with van der Waals surface area (Å²) in [5, 5.41) is 0. The second-order valence-corrected chi connectivity index (χ2v) is 10.3. The number of rotatable bonds is 19. The summed E-state index contributed by atoms with van der Waals surface area (Å²) in [4.78, 5) is 0. The molecule has 0 aliphatic heterocycles. The Hall–Kier alpha value is -0.830. The van der Waals surface area contributed by atoms with Gasteiger partial charge in [-0.2, -0.15) is 0 Å². The molecule has 31 heavy (non-hydrogen) atoms. The fraction of sp³-hybridized carbons (Fsp3) is 0.769. The Kier molecular flexibility index (Phi) is 15.2. The maximum Gasteiger partial charge on any atom is 0.530 e. The van der Waals surface area contributed by atoms with Crippen molar-refractivity contribution in [3.63, 3.8) is 0 Å². The first kappa shape index (κ1) is 28.2. The van der Waals surface area contributed by atoms with Crippen molar-refractivity contribution in [2.24, 2.45) is 11.8 Å². The van der Waals surface area contributed by atoms with Gasteiger partial charge in [-0.3, -0.25) is 9.05 Å². The van der Waals surface area contributed by atoms with E-state index < -0.39 is 7.82 Å². The number of phosphoric acid groups is 1. The molecular formula is C26H47O4P. The first-order valence-corrected chi connectivity index (χ1v) is 14.1. The zero-order valence-corrected chi connectivity index (χ0v) is 21.6. The molecule has 0 heterocycles. The van der Waals surface area contributed by atoms with Crippen LogP contribution < -0.4 is 4.52 Å². The van der Waals surface area contributed by atoms with Gasteiger partial charge in [-0.15, -0.1) is 0 Å². The van der Waals surface area contributed by atoms with Gasteiger partial charge in [-0.05, 0) is 49.1 Å². The van der Waals surface area contributed by atoms with E-state index in [9.17, 15) is 4.57 Å². The van der Waals surface area contributed by atoms with E-state index in [-0.39, 0.29) is 0 Å². The number of benzene rings is 1. The van der Waals surface area contributed by atoms with Gasteiger partial charge in [0.1, 0.15) is 5.75 Å². The number of phosphoric ester groups is 1. The lowest BCUT2D eigenvalue weighted by atomic mass is 10.0. The molecule has 4 nitrogen and oxygen atoms in total. The first-order valence-electron chi connectivity index (χ1n) is 12.7. The number of aryl methyl sites for hydroxylation is 1. The van der Waals surface area contributed by atoms with Gasteiger partial charge in [0.2, 0.25) is 0 Å². The Morgan fingerprint density at radius 3 is 1.77 bits per heavy atom. The van der Waals surface area contributed by atoms with Crippen LogP contribution in [-0.4, -0.2) is 13.2 Å². The highest BCUT2D eigenvalue weighted by Crippen LogP contribution is 2.51. The lowest BCUT2D eigenvalue weighted by Crippen LogP contribution is -2.15. The van der Waals surface area contributed by atoms with Crippen molar-refractivity contribution in [2.45, 2.75) is 105 Å². The van der Waals surface area contributed by atoms with Gasteiger partial charge in [0.05, 0.1) is 13.2 Å². The summed E-state index contributed by atoms with van der Waals surface area (Å²) in [5.41, 5.74) is 1.06. The molecule has 1 rings (SSSR count). The van der Waals surface area contributed by atoms with Crippen LogP contribution in [0.25, 0.3) is 0 Å². The summed E-state index contributed by atoms with van der Waals surface area (Å²) in [7, 11) is -3.70. The van der Waals surface area contributed by atoms with E-state index in [1.54, 1.807) is 0 Å². The molecule has 0 amide bonds. The summed E-state index contributed by atoms with van der Waals surface area (Å²) < 4.78 is 31.7. The monoisotopic (exact) mass is 454 g/mol. The van der Waals surface area contributed by atoms with E-state index in [4.69, 9.17) is 13.6 Å². The second kappa shape index (κ2) is 16.8. The molecule has 0 radical (unpaired) electrons. The van der Waals surface area contributed by atoms with Crippen molar-refractivity contribution >= 4 is 7.82 Å². The minimum Gasteiger partial charge on any atom is -0.404 e. The van der Waals surface area contributed by atoms with Crippen molar-refractivity contribution in [3.05, 3.63) is 29.8 Å². The molecular weight excluding hydrogens is 407 g/mol. The van der Waals surface area contributed by atoms with Crippen molar-refractivity contribution < 1.29 is 18.1 Å². The molecule has 1 aromatic rings. The summed E-state index contributed by atoms with van der Waals surface area (Å²) in [6.45, 7) is 11.7. The maximum atomic E-state index is 13.7. The van der Waals surface area contributed by atoms with E-state index in [2.05, 4.69) is 34.6 Å². The molecule has 0 aliphatic carbocycles. The molecule has 0 saturated heterocycles. The van der Waals surface area contributed by atoms with Crippen LogP contribution in [0.3, 0.4) is 0 Å². The van der Waals surface area contributed by atoms with Gasteiger partial charge in [0, 0.05) is 0 Å². The minimum atomic E-state index is -3.70. The average Bonchev–Trinajstić information content (AvgIpc) is 2.79. The summed E-state index contributed by atoms with van der Waals surface area (Å²) in [6, 6.07) is 7.84. The number of para-hydroxylation sites is 1. The van der Waals surface area contributed by atoms with Gasteiger partial charge in [-0.25, -0.2) is 4.57 Å². The van der Waals surface area contributed by atoms with Crippen molar-refractivity contribution in [2.75, 3.05) is 13.2 Å². The molecule has 0 fully saturated rings. The Labute approximate surface area is 192 Å². The fourth-order valence-corrected chi connectivity index (χ4v) is 4.95. The summed E-state index contributed by atoms with van der Waals surface area (Å²) in [5.74, 6) is 1.37. The van der Waals surface area contributed by atoms with E-state index in [1.165, 1.54) is 0 Å². The van der Waals surface area contributed by atoms with E-state index in [1.807, 2.05) is 24.3 Å². The molecule has 5 heteroatoms. The Bertz CT molecular complexity index is 595. The van der Waals surface area contributed by atoms with E-state index in [0.29, 0.717) is 30.8 Å². The molecule has 0 saturated carbocycles. The lowest BCUT2D eigenvalue weighted by Gasteiger charge is -2.24. The second-order valence-electron chi connectivity index (χ2n) is 8.67. The quantitative estimate of drug-likeness (QED) is 0.196. The third kappa shape index (κ3) is 11.6. The molecule has 1 aromatic carbocycles. The van der Waals surface area contributed by atoms with Crippen molar-refractivity contribution in [1.29, 1.82) is 0 Å². The largest absolute Gasteiger partial charge is 0.530 e. The summed E-state index contributed by atoms with van der Waals surface area (Å²) in [6.07, 6.45) is 11.8. The minimum absolute atomic E-state index is 0.373. The van der Waals surface area contributed by atoms with E-state index >= 15 is 0 Å². The van der Waals surface area contributed by atoms with Gasteiger partial charge in [-0.1, -0.05) is 97.8 Å². The zero-order valence-electron chi connectivity index (χ0n) is 20.7. The van der Waals surface area contributed by atoms with Gasteiger partial charge < -0.3 is 4.52 Å². The maximum absolute atomic E-state index is 13.7. The third-order valence-corrected chi connectivity index (χ3v) is 7.36. The van der Waals surface area contributed by atoms with Crippen LogP contribution in [0, 0.1) is 11.8 Å².